The van der Waals surface area contributed by atoms with Crippen molar-refractivity contribution in [2.24, 2.45) is 28.3 Å². The van der Waals surface area contributed by atoms with Gasteiger partial charge in [-0.25, -0.2) is 0 Å². The van der Waals surface area contributed by atoms with Gasteiger partial charge in [-0.2, -0.15) is 0 Å². The zero-order chi connectivity index (χ0) is 20.4. The topological polar surface area (TPSA) is 117 Å². The average Bonchev–Trinajstić information content (AvgIpc) is 2.67. The van der Waals surface area contributed by atoms with E-state index in [9.17, 15) is 9.59 Å². The van der Waals surface area contributed by atoms with Crippen LogP contribution in [0, 0.1) is 11.8 Å². The molecule has 0 bridgehead atoms. The van der Waals surface area contributed by atoms with E-state index in [-0.39, 0.29) is 41.7 Å². The number of primary amides is 2. The molecule has 1 unspecified atom stereocenters. The van der Waals surface area contributed by atoms with E-state index in [1.165, 1.54) is 0 Å². The highest BCUT2D eigenvalue weighted by atomic mass is 127. The van der Waals surface area contributed by atoms with Crippen molar-refractivity contribution in [2.75, 3.05) is 45.8 Å². The van der Waals surface area contributed by atoms with Crippen LogP contribution in [-0.4, -0.2) is 73.4 Å². The van der Waals surface area contributed by atoms with Crippen LogP contribution < -0.4 is 16.8 Å². The van der Waals surface area contributed by atoms with Crippen molar-refractivity contribution >= 4 is 41.8 Å². The van der Waals surface area contributed by atoms with E-state index in [4.69, 9.17) is 16.5 Å². The molecular weight excluding hydrogens is 483 g/mol. The Morgan fingerprint density at radius 2 is 1.83 bits per heavy atom. The molecule has 2 aliphatic heterocycles. The third-order valence-corrected chi connectivity index (χ3v) is 5.78. The lowest BCUT2D eigenvalue weighted by atomic mass is 9.95. The fourth-order valence-corrected chi connectivity index (χ4v) is 4.21. The second-order valence-corrected chi connectivity index (χ2v) is 8.09. The van der Waals surface area contributed by atoms with Gasteiger partial charge >= 0.3 is 0 Å². The number of nitrogens with one attached hydrogen (secondary N) is 1. The van der Waals surface area contributed by atoms with E-state index in [2.05, 4.69) is 22.0 Å². The predicted octanol–water partition coefficient (Wildman–Crippen LogP) is 1.13. The number of amides is 2. The molecule has 29 heavy (non-hydrogen) atoms. The quantitative estimate of drug-likeness (QED) is 0.182. The highest BCUT2D eigenvalue weighted by Gasteiger charge is 2.24. The molecule has 0 aromatic carbocycles. The number of piperidine rings is 2. The van der Waals surface area contributed by atoms with Crippen molar-refractivity contribution < 1.29 is 9.59 Å². The smallest absolute Gasteiger partial charge is 0.220 e. The number of hydrogen-bond acceptors (Lipinski definition) is 4. The summed E-state index contributed by atoms with van der Waals surface area (Å²) in [5.74, 6) is 0.984. The molecule has 2 saturated heterocycles. The van der Waals surface area contributed by atoms with E-state index < -0.39 is 0 Å². The van der Waals surface area contributed by atoms with Gasteiger partial charge in [0.1, 0.15) is 0 Å². The van der Waals surface area contributed by atoms with E-state index in [1.807, 2.05) is 0 Å². The number of aliphatic imine (C=N–C) groups is 1. The minimum atomic E-state index is -0.214. The van der Waals surface area contributed by atoms with Gasteiger partial charge in [0, 0.05) is 38.5 Å². The van der Waals surface area contributed by atoms with Crippen LogP contribution in [0.5, 0.6) is 0 Å². The van der Waals surface area contributed by atoms with Gasteiger partial charge < -0.3 is 26.6 Å². The van der Waals surface area contributed by atoms with E-state index >= 15 is 0 Å². The molecule has 0 aromatic heterocycles. The highest BCUT2D eigenvalue weighted by Crippen LogP contribution is 2.19. The number of nitrogens with zero attached hydrogens (tertiary/aromatic N) is 3. The monoisotopic (exact) mass is 522 g/mol. The zero-order valence-corrected chi connectivity index (χ0v) is 20.1. The van der Waals surface area contributed by atoms with Crippen molar-refractivity contribution in [1.29, 1.82) is 0 Å². The van der Waals surface area contributed by atoms with E-state index in [1.54, 1.807) is 0 Å². The zero-order valence-electron chi connectivity index (χ0n) is 17.8. The molecule has 168 valence electrons. The lowest BCUT2D eigenvalue weighted by Gasteiger charge is -2.34. The maximum atomic E-state index is 11.2. The number of carbonyl (C=O) groups excluding carboxylic acids is 2. The first-order valence-corrected chi connectivity index (χ1v) is 10.8. The molecule has 0 saturated carbocycles. The standard InChI is InChI=1S/C20H38N6O2.HI/c1-2-23-20(26-11-5-6-16(15-26)14-18(21)27)24-9-3-4-10-25-12-7-17(8-13-25)19(22)28;/h16-17H,2-15H2,1H3,(H2,21,27)(H2,22,28)(H,23,24);1H. The van der Waals surface area contributed by atoms with Gasteiger partial charge in [-0.1, -0.05) is 0 Å². The maximum Gasteiger partial charge on any atom is 0.220 e. The summed E-state index contributed by atoms with van der Waals surface area (Å²) < 4.78 is 0. The molecule has 0 aliphatic carbocycles. The summed E-state index contributed by atoms with van der Waals surface area (Å²) in [6, 6.07) is 0. The Morgan fingerprint density at radius 1 is 1.10 bits per heavy atom. The Hall–Kier alpha value is -1.10. The Morgan fingerprint density at radius 3 is 2.45 bits per heavy atom. The molecule has 0 spiro atoms. The lowest BCUT2D eigenvalue weighted by molar-refractivity contribution is -0.123. The molecular formula is C20H39IN6O2. The normalized spacial score (nSPS) is 21.5. The molecule has 2 aliphatic rings. The van der Waals surface area contributed by atoms with Crippen LogP contribution in [0.4, 0.5) is 0 Å². The van der Waals surface area contributed by atoms with Gasteiger partial charge in [-0.15, -0.1) is 24.0 Å². The number of carbonyl (C=O) groups is 2. The lowest BCUT2D eigenvalue weighted by Crippen LogP contribution is -2.47. The summed E-state index contributed by atoms with van der Waals surface area (Å²) in [6.07, 6.45) is 6.52. The first-order valence-electron chi connectivity index (χ1n) is 10.8. The SMILES string of the molecule is CCNC(=NCCCCN1CCC(C(N)=O)CC1)N1CCCC(CC(N)=O)C1.I. The van der Waals surface area contributed by atoms with Crippen LogP contribution in [0.1, 0.15) is 51.9 Å². The van der Waals surface area contributed by atoms with E-state index in [0.29, 0.717) is 12.3 Å². The van der Waals surface area contributed by atoms with Crippen molar-refractivity contribution in [2.45, 2.75) is 51.9 Å². The number of hydrogen-bond donors (Lipinski definition) is 3. The van der Waals surface area contributed by atoms with Crippen molar-refractivity contribution in [3.8, 4) is 0 Å². The van der Waals surface area contributed by atoms with Crippen LogP contribution in [0.3, 0.4) is 0 Å². The molecule has 2 heterocycles. The number of guanidine groups is 1. The van der Waals surface area contributed by atoms with E-state index in [0.717, 1.165) is 90.3 Å². The van der Waals surface area contributed by atoms with Crippen LogP contribution in [0.25, 0.3) is 0 Å². The molecule has 5 N–H and O–H groups in total. The second kappa shape index (κ2) is 14.0. The third kappa shape index (κ3) is 9.50. The Kier molecular flexibility index (Phi) is 12.5. The van der Waals surface area contributed by atoms with Gasteiger partial charge in [0.05, 0.1) is 0 Å². The molecule has 8 nitrogen and oxygen atoms in total. The molecule has 2 fully saturated rings. The third-order valence-electron chi connectivity index (χ3n) is 5.78. The van der Waals surface area contributed by atoms with Crippen LogP contribution in [0.15, 0.2) is 4.99 Å². The Bertz CT molecular complexity index is 537. The Balaban J connectivity index is 0.00000420. The van der Waals surface area contributed by atoms with Crippen molar-refractivity contribution in [3.05, 3.63) is 0 Å². The largest absolute Gasteiger partial charge is 0.370 e. The summed E-state index contributed by atoms with van der Waals surface area (Å²) in [4.78, 5) is 32.0. The molecule has 0 aromatic rings. The second-order valence-electron chi connectivity index (χ2n) is 8.09. The van der Waals surface area contributed by atoms with Crippen molar-refractivity contribution in [3.63, 3.8) is 0 Å². The van der Waals surface area contributed by atoms with Crippen molar-refractivity contribution in [1.82, 2.24) is 15.1 Å². The highest BCUT2D eigenvalue weighted by molar-refractivity contribution is 14.0. The molecule has 2 amide bonds. The van der Waals surface area contributed by atoms with Gasteiger partial charge in [0.25, 0.3) is 0 Å². The number of unbranched alkanes of at least 4 members (excludes halogenated alkanes) is 1. The fraction of sp³-hybridized carbons (Fsp3) is 0.850. The van der Waals surface area contributed by atoms with Crippen LogP contribution in [0.2, 0.25) is 0 Å². The van der Waals surface area contributed by atoms with Crippen LogP contribution in [-0.2, 0) is 9.59 Å². The number of halogens is 1. The number of nitrogens with two attached hydrogens (primary N) is 2. The summed E-state index contributed by atoms with van der Waals surface area (Å²) in [6.45, 7) is 8.54. The van der Waals surface area contributed by atoms with Crippen LogP contribution >= 0.6 is 24.0 Å². The summed E-state index contributed by atoms with van der Waals surface area (Å²) >= 11 is 0. The molecule has 0 radical (unpaired) electrons. The minimum Gasteiger partial charge on any atom is -0.370 e. The molecule has 2 rings (SSSR count). The number of likely N-dealkylation sites (tertiary alicyclic amines) is 2. The number of rotatable bonds is 9. The summed E-state index contributed by atoms with van der Waals surface area (Å²) in [5, 5.41) is 3.39. The predicted molar refractivity (Wildman–Crippen MR) is 127 cm³/mol. The van der Waals surface area contributed by atoms with Gasteiger partial charge in [0.15, 0.2) is 5.96 Å². The first-order chi connectivity index (χ1) is 13.5. The molecule has 1 atom stereocenters. The minimum absolute atomic E-state index is 0. The fourth-order valence-electron chi connectivity index (χ4n) is 4.21. The summed E-state index contributed by atoms with van der Waals surface area (Å²) in [5.41, 5.74) is 10.8. The first kappa shape index (κ1) is 25.9. The summed E-state index contributed by atoms with van der Waals surface area (Å²) in [7, 11) is 0. The molecule has 9 heteroatoms. The maximum absolute atomic E-state index is 11.2. The average molecular weight is 522 g/mol. The Labute approximate surface area is 192 Å². The van der Waals surface area contributed by atoms with Gasteiger partial charge in [0.2, 0.25) is 11.8 Å². The van der Waals surface area contributed by atoms with Gasteiger partial charge in [-0.05, 0) is 71.0 Å². The van der Waals surface area contributed by atoms with Gasteiger partial charge in [-0.3, -0.25) is 14.6 Å².